The van der Waals surface area contributed by atoms with Crippen molar-refractivity contribution in [2.45, 2.75) is 13.0 Å². The Kier molecular flexibility index (Phi) is 4.38. The average molecular weight is 260 g/mol. The maximum absolute atomic E-state index is 9.64. The standard InChI is InChI=1S/C10H14BrNO2/c1-14-6-8-5-10(13)7(2-3-12)4-9(8)11/h4-5,13H,2-3,6,12H2,1H3. The predicted octanol–water partition coefficient (Wildman–Crippen LogP) is 1.80. The first-order valence-corrected chi connectivity index (χ1v) is 5.17. The molecule has 0 aromatic heterocycles. The summed E-state index contributed by atoms with van der Waals surface area (Å²) in [5, 5.41) is 9.64. The Bertz CT molecular complexity index is 283. The van der Waals surface area contributed by atoms with Crippen molar-refractivity contribution in [3.63, 3.8) is 0 Å². The zero-order valence-electron chi connectivity index (χ0n) is 8.09. The second kappa shape index (κ2) is 5.34. The van der Waals surface area contributed by atoms with Gasteiger partial charge in [-0.25, -0.2) is 0 Å². The molecule has 0 atom stereocenters. The number of methoxy groups -OCH3 is 1. The van der Waals surface area contributed by atoms with E-state index in [1.54, 1.807) is 13.2 Å². The monoisotopic (exact) mass is 259 g/mol. The third kappa shape index (κ3) is 2.70. The molecule has 1 aromatic rings. The van der Waals surface area contributed by atoms with Gasteiger partial charge in [-0.3, -0.25) is 0 Å². The molecule has 0 saturated carbocycles. The van der Waals surface area contributed by atoms with Crippen LogP contribution in [-0.2, 0) is 17.8 Å². The van der Waals surface area contributed by atoms with Crippen LogP contribution in [0, 0.1) is 0 Å². The van der Waals surface area contributed by atoms with Crippen molar-refractivity contribution in [2.24, 2.45) is 5.73 Å². The van der Waals surface area contributed by atoms with Crippen LogP contribution >= 0.6 is 15.9 Å². The zero-order valence-corrected chi connectivity index (χ0v) is 9.67. The number of nitrogens with two attached hydrogens (primary N) is 1. The molecule has 0 unspecified atom stereocenters. The lowest BCUT2D eigenvalue weighted by Gasteiger charge is -2.08. The Hall–Kier alpha value is -0.580. The van der Waals surface area contributed by atoms with Crippen LogP contribution in [0.15, 0.2) is 16.6 Å². The highest BCUT2D eigenvalue weighted by Gasteiger charge is 2.06. The number of halogens is 1. The molecule has 0 radical (unpaired) electrons. The van der Waals surface area contributed by atoms with Gasteiger partial charge in [-0.15, -0.1) is 0 Å². The molecule has 0 spiro atoms. The second-order valence-electron chi connectivity index (χ2n) is 3.04. The van der Waals surface area contributed by atoms with Gasteiger partial charge < -0.3 is 15.6 Å². The SMILES string of the molecule is COCc1cc(O)c(CCN)cc1Br. The van der Waals surface area contributed by atoms with Crippen LogP contribution in [0.2, 0.25) is 0 Å². The summed E-state index contributed by atoms with van der Waals surface area (Å²) in [6.07, 6.45) is 0.678. The summed E-state index contributed by atoms with van der Waals surface area (Å²) < 4.78 is 5.94. The van der Waals surface area contributed by atoms with Crippen LogP contribution in [0.4, 0.5) is 0 Å². The molecule has 0 fully saturated rings. The summed E-state index contributed by atoms with van der Waals surface area (Å²) in [5.74, 6) is 0.283. The van der Waals surface area contributed by atoms with Crippen LogP contribution in [0.3, 0.4) is 0 Å². The van der Waals surface area contributed by atoms with E-state index in [9.17, 15) is 5.11 Å². The summed E-state index contributed by atoms with van der Waals surface area (Å²) in [7, 11) is 1.62. The summed E-state index contributed by atoms with van der Waals surface area (Å²) in [6.45, 7) is 1.01. The number of phenols is 1. The van der Waals surface area contributed by atoms with E-state index in [1.165, 1.54) is 0 Å². The van der Waals surface area contributed by atoms with Crippen LogP contribution in [-0.4, -0.2) is 18.8 Å². The maximum atomic E-state index is 9.64. The first-order chi connectivity index (χ1) is 6.69. The first kappa shape index (κ1) is 11.5. The molecule has 1 rings (SSSR count). The molecule has 14 heavy (non-hydrogen) atoms. The van der Waals surface area contributed by atoms with Crippen molar-refractivity contribution in [1.29, 1.82) is 0 Å². The van der Waals surface area contributed by atoms with Crippen molar-refractivity contribution in [2.75, 3.05) is 13.7 Å². The van der Waals surface area contributed by atoms with Crippen molar-refractivity contribution in [3.05, 3.63) is 27.7 Å². The van der Waals surface area contributed by atoms with Crippen molar-refractivity contribution < 1.29 is 9.84 Å². The summed E-state index contributed by atoms with van der Waals surface area (Å²) in [6, 6.07) is 3.59. The van der Waals surface area contributed by atoms with E-state index in [-0.39, 0.29) is 5.75 Å². The third-order valence-corrected chi connectivity index (χ3v) is 2.70. The van der Waals surface area contributed by atoms with E-state index in [0.29, 0.717) is 19.6 Å². The molecular formula is C10H14BrNO2. The lowest BCUT2D eigenvalue weighted by molar-refractivity contribution is 0.184. The van der Waals surface area contributed by atoms with Crippen LogP contribution in [0.5, 0.6) is 5.75 Å². The molecule has 0 aliphatic heterocycles. The number of phenolic OH excluding ortho intramolecular Hbond substituents is 1. The Morgan fingerprint density at radius 1 is 1.43 bits per heavy atom. The molecule has 0 aliphatic carbocycles. The molecule has 0 aliphatic rings. The molecule has 0 amide bonds. The number of hydrogen-bond donors (Lipinski definition) is 2. The highest BCUT2D eigenvalue weighted by atomic mass is 79.9. The molecule has 0 heterocycles. The summed E-state index contributed by atoms with van der Waals surface area (Å²) in [4.78, 5) is 0. The van der Waals surface area contributed by atoms with Gasteiger partial charge in [0, 0.05) is 11.6 Å². The summed E-state index contributed by atoms with van der Waals surface area (Å²) in [5.41, 5.74) is 7.22. The number of aromatic hydroxyl groups is 1. The fraction of sp³-hybridized carbons (Fsp3) is 0.400. The molecule has 1 aromatic carbocycles. The van der Waals surface area contributed by atoms with E-state index in [0.717, 1.165) is 15.6 Å². The lowest BCUT2D eigenvalue weighted by Crippen LogP contribution is -2.03. The smallest absolute Gasteiger partial charge is 0.119 e. The van der Waals surface area contributed by atoms with E-state index in [1.807, 2.05) is 6.07 Å². The van der Waals surface area contributed by atoms with Crippen LogP contribution in [0.1, 0.15) is 11.1 Å². The van der Waals surface area contributed by atoms with E-state index < -0.39 is 0 Å². The maximum Gasteiger partial charge on any atom is 0.119 e. The molecule has 4 heteroatoms. The third-order valence-electron chi connectivity index (χ3n) is 1.96. The lowest BCUT2D eigenvalue weighted by atomic mass is 10.1. The number of ether oxygens (including phenoxy) is 1. The van der Waals surface area contributed by atoms with Gasteiger partial charge >= 0.3 is 0 Å². The molecule has 0 saturated heterocycles. The Morgan fingerprint density at radius 3 is 2.71 bits per heavy atom. The van der Waals surface area contributed by atoms with Gasteiger partial charge in [-0.1, -0.05) is 15.9 Å². The number of rotatable bonds is 4. The highest BCUT2D eigenvalue weighted by Crippen LogP contribution is 2.27. The number of benzene rings is 1. The Morgan fingerprint density at radius 2 is 2.14 bits per heavy atom. The zero-order chi connectivity index (χ0) is 10.6. The molecule has 0 bridgehead atoms. The van der Waals surface area contributed by atoms with Gasteiger partial charge in [-0.05, 0) is 36.2 Å². The van der Waals surface area contributed by atoms with E-state index in [2.05, 4.69) is 15.9 Å². The fourth-order valence-electron chi connectivity index (χ4n) is 1.27. The normalized spacial score (nSPS) is 10.5. The predicted molar refractivity (Wildman–Crippen MR) is 59.3 cm³/mol. The fourth-order valence-corrected chi connectivity index (χ4v) is 1.77. The Labute approximate surface area is 92.0 Å². The van der Waals surface area contributed by atoms with Gasteiger partial charge in [0.2, 0.25) is 0 Å². The molecule has 3 nitrogen and oxygen atoms in total. The minimum atomic E-state index is 0.283. The van der Waals surface area contributed by atoms with Crippen molar-refractivity contribution >= 4 is 15.9 Å². The van der Waals surface area contributed by atoms with Gasteiger partial charge in [-0.2, -0.15) is 0 Å². The second-order valence-corrected chi connectivity index (χ2v) is 3.90. The topological polar surface area (TPSA) is 55.5 Å². The van der Waals surface area contributed by atoms with Crippen molar-refractivity contribution in [1.82, 2.24) is 0 Å². The van der Waals surface area contributed by atoms with Gasteiger partial charge in [0.05, 0.1) is 6.61 Å². The van der Waals surface area contributed by atoms with E-state index in [4.69, 9.17) is 10.5 Å². The summed E-state index contributed by atoms with van der Waals surface area (Å²) >= 11 is 3.42. The molecule has 3 N–H and O–H groups in total. The van der Waals surface area contributed by atoms with E-state index >= 15 is 0 Å². The quantitative estimate of drug-likeness (QED) is 0.867. The first-order valence-electron chi connectivity index (χ1n) is 4.38. The van der Waals surface area contributed by atoms with Gasteiger partial charge in [0.15, 0.2) is 0 Å². The average Bonchev–Trinajstić information content (AvgIpc) is 2.14. The van der Waals surface area contributed by atoms with Gasteiger partial charge in [0.1, 0.15) is 5.75 Å². The molecule has 78 valence electrons. The van der Waals surface area contributed by atoms with Crippen molar-refractivity contribution in [3.8, 4) is 5.75 Å². The minimum Gasteiger partial charge on any atom is -0.508 e. The highest BCUT2D eigenvalue weighted by molar-refractivity contribution is 9.10. The van der Waals surface area contributed by atoms with Gasteiger partial charge in [0.25, 0.3) is 0 Å². The Balaban J connectivity index is 2.97. The largest absolute Gasteiger partial charge is 0.508 e. The number of hydrogen-bond acceptors (Lipinski definition) is 3. The van der Waals surface area contributed by atoms with Crippen LogP contribution < -0.4 is 5.73 Å². The minimum absolute atomic E-state index is 0.283. The van der Waals surface area contributed by atoms with Crippen LogP contribution in [0.25, 0.3) is 0 Å². The molecular weight excluding hydrogens is 246 g/mol.